The van der Waals surface area contributed by atoms with Gasteiger partial charge >= 0.3 is 5.97 Å². The van der Waals surface area contributed by atoms with E-state index in [0.717, 1.165) is 7.11 Å². The van der Waals surface area contributed by atoms with Crippen LogP contribution in [0, 0.1) is 23.7 Å². The molecule has 1 aromatic carbocycles. The number of Topliss-reactive ketones (excluding diaryl/α,β-unsaturated/α-hetero) is 2. The van der Waals surface area contributed by atoms with Gasteiger partial charge in [-0.25, -0.2) is 4.79 Å². The summed E-state index contributed by atoms with van der Waals surface area (Å²) in [6, 6.07) is 1.53. The predicted octanol–water partition coefficient (Wildman–Crippen LogP) is 0.0144. The molecule has 6 N–H and O–H groups in total. The van der Waals surface area contributed by atoms with Crippen LogP contribution in [0.4, 0.5) is 5.69 Å². The number of aliphatic hydroxyl groups excluding tert-OH is 2. The van der Waals surface area contributed by atoms with E-state index in [1.54, 1.807) is 19.0 Å². The van der Waals surface area contributed by atoms with Crippen molar-refractivity contribution in [3.05, 3.63) is 39.7 Å². The third kappa shape index (κ3) is 3.41. The molecule has 0 bridgehead atoms. The number of nitrogens with two attached hydrogens (primary N) is 1. The van der Waals surface area contributed by atoms with E-state index in [9.17, 15) is 39.6 Å². The van der Waals surface area contributed by atoms with Crippen LogP contribution in [0.3, 0.4) is 0 Å². The van der Waals surface area contributed by atoms with Crippen molar-refractivity contribution < 1.29 is 44.3 Å². The maximum atomic E-state index is 13.6. The average Bonchev–Trinajstić information content (AvgIpc) is 2.80. The Morgan fingerprint density at radius 2 is 1.86 bits per heavy atom. The largest absolute Gasteiger partial charge is 0.508 e. The fourth-order valence-corrected chi connectivity index (χ4v) is 5.33. The van der Waals surface area contributed by atoms with E-state index in [1.807, 2.05) is 0 Å². The predicted molar refractivity (Wildman–Crippen MR) is 125 cm³/mol. The van der Waals surface area contributed by atoms with Crippen molar-refractivity contribution >= 4 is 34.9 Å². The van der Waals surface area contributed by atoms with E-state index in [1.165, 1.54) is 6.07 Å². The van der Waals surface area contributed by atoms with Crippen LogP contribution in [0.5, 0.6) is 5.75 Å². The number of benzene rings is 1. The van der Waals surface area contributed by atoms with Gasteiger partial charge in [-0.05, 0) is 30.4 Å². The van der Waals surface area contributed by atoms with Gasteiger partial charge in [0.05, 0.1) is 18.2 Å². The Kier molecular flexibility index (Phi) is 5.81. The van der Waals surface area contributed by atoms with Crippen LogP contribution in [0.2, 0.25) is 0 Å². The first kappa shape index (κ1) is 24.8. The SMILES string of the molecule is COC(=O)C#Cc1cc(N(C)C)c2c(c1O)C(O)=C1C(=O)[C@]3(O)C(O)=C(C(N)=O)C(=O)C[C@@H]3C[C@@H]1C2. The van der Waals surface area contributed by atoms with Gasteiger partial charge in [-0.2, -0.15) is 0 Å². The first-order valence-corrected chi connectivity index (χ1v) is 11.0. The number of nitrogens with zero attached hydrogens (tertiary/aromatic N) is 1. The average molecular weight is 496 g/mol. The first-order chi connectivity index (χ1) is 16.8. The molecule has 0 aromatic heterocycles. The standard InChI is InChI=1S/C25H24N2O9/c1-27(2)14-8-10(4-5-16(29)36-3)20(30)18-13(14)7-11-6-12-9-15(28)19(24(26)34)23(33)25(12,35)22(32)17(11)21(18)31/h8,11-12,30-31,33,35H,6-7,9H2,1-3H3,(H2,26,34)/t11-,12+,25+/m1/s1. The van der Waals surface area contributed by atoms with Gasteiger partial charge in [0.1, 0.15) is 22.8 Å². The molecule has 0 saturated heterocycles. The molecule has 1 saturated carbocycles. The Balaban J connectivity index is 1.96. The van der Waals surface area contributed by atoms with Crippen LogP contribution in [0.15, 0.2) is 23.0 Å². The van der Waals surface area contributed by atoms with Gasteiger partial charge in [0.25, 0.3) is 5.91 Å². The lowest BCUT2D eigenvalue weighted by atomic mass is 9.59. The van der Waals surface area contributed by atoms with E-state index in [4.69, 9.17) is 5.73 Å². The fourth-order valence-electron chi connectivity index (χ4n) is 5.33. The maximum absolute atomic E-state index is 13.6. The molecule has 3 atom stereocenters. The Labute approximate surface area is 205 Å². The Hall–Kier alpha value is -4.30. The molecule has 3 aliphatic rings. The number of hydrogen-bond acceptors (Lipinski definition) is 10. The van der Waals surface area contributed by atoms with Gasteiger partial charge < -0.3 is 35.8 Å². The minimum Gasteiger partial charge on any atom is -0.508 e. The summed E-state index contributed by atoms with van der Waals surface area (Å²) in [5.74, 6) is -3.28. The van der Waals surface area contributed by atoms with Gasteiger partial charge in [-0.15, -0.1) is 0 Å². The molecular formula is C25H24N2O9. The molecule has 0 radical (unpaired) electrons. The monoisotopic (exact) mass is 496 g/mol. The van der Waals surface area contributed by atoms with Crippen molar-refractivity contribution in [3.8, 4) is 17.6 Å². The molecule has 0 aliphatic heterocycles. The molecule has 1 aromatic rings. The summed E-state index contributed by atoms with van der Waals surface area (Å²) in [6.45, 7) is 0. The quantitative estimate of drug-likeness (QED) is 0.212. The van der Waals surface area contributed by atoms with E-state index >= 15 is 0 Å². The highest BCUT2D eigenvalue weighted by Gasteiger charge is 2.60. The van der Waals surface area contributed by atoms with Gasteiger partial charge in [-0.3, -0.25) is 14.4 Å². The summed E-state index contributed by atoms with van der Waals surface area (Å²) >= 11 is 0. The van der Waals surface area contributed by atoms with Crippen molar-refractivity contribution in [2.75, 3.05) is 26.1 Å². The Bertz CT molecular complexity index is 1380. The molecule has 11 heteroatoms. The van der Waals surface area contributed by atoms with Crippen LogP contribution in [0.1, 0.15) is 29.5 Å². The molecule has 188 valence electrons. The number of ketones is 2. The van der Waals surface area contributed by atoms with Gasteiger partial charge in [-0.1, -0.05) is 5.92 Å². The Morgan fingerprint density at radius 1 is 1.19 bits per heavy atom. The minimum absolute atomic E-state index is 0.0182. The number of phenolic OH excluding ortho intramolecular Hbond substituents is 1. The van der Waals surface area contributed by atoms with Crippen molar-refractivity contribution in [2.45, 2.75) is 24.9 Å². The van der Waals surface area contributed by atoms with E-state index < -0.39 is 70.1 Å². The van der Waals surface area contributed by atoms with Gasteiger partial charge in [0.15, 0.2) is 11.4 Å². The van der Waals surface area contributed by atoms with Crippen LogP contribution in [-0.4, -0.2) is 70.7 Å². The zero-order chi connectivity index (χ0) is 26.7. The minimum atomic E-state index is -2.64. The first-order valence-electron chi connectivity index (χ1n) is 11.0. The molecular weight excluding hydrogens is 472 g/mol. The Morgan fingerprint density at radius 3 is 2.44 bits per heavy atom. The lowest BCUT2D eigenvalue weighted by molar-refractivity contribution is -0.147. The zero-order valence-corrected chi connectivity index (χ0v) is 19.7. The van der Waals surface area contributed by atoms with E-state index in [0.29, 0.717) is 11.3 Å². The molecule has 11 nitrogen and oxygen atoms in total. The van der Waals surface area contributed by atoms with E-state index in [2.05, 4.69) is 16.6 Å². The molecule has 0 heterocycles. The molecule has 1 fully saturated rings. The summed E-state index contributed by atoms with van der Waals surface area (Å²) in [5, 5.41) is 44.2. The van der Waals surface area contributed by atoms with Crippen molar-refractivity contribution in [3.63, 3.8) is 0 Å². The molecule has 3 aliphatic carbocycles. The lowest BCUT2D eigenvalue weighted by Gasteiger charge is -2.46. The summed E-state index contributed by atoms with van der Waals surface area (Å²) in [7, 11) is 4.59. The highest BCUT2D eigenvalue weighted by Crippen LogP contribution is 2.53. The molecule has 36 heavy (non-hydrogen) atoms. The van der Waals surface area contributed by atoms with E-state index in [-0.39, 0.29) is 29.5 Å². The summed E-state index contributed by atoms with van der Waals surface area (Å²) < 4.78 is 4.49. The third-order valence-corrected chi connectivity index (χ3v) is 7.01. The summed E-state index contributed by atoms with van der Waals surface area (Å²) in [6.07, 6.45) is -0.212. The number of anilines is 1. The van der Waals surface area contributed by atoms with Crippen LogP contribution >= 0.6 is 0 Å². The smallest absolute Gasteiger partial charge is 0.384 e. The van der Waals surface area contributed by atoms with Crippen LogP contribution in [-0.2, 0) is 30.3 Å². The molecule has 0 spiro atoms. The summed E-state index contributed by atoms with van der Waals surface area (Å²) in [4.78, 5) is 51.0. The maximum Gasteiger partial charge on any atom is 0.384 e. The highest BCUT2D eigenvalue weighted by atomic mass is 16.5. The number of carbonyl (C=O) groups is 4. The fraction of sp³-hybridized carbons (Fsp3) is 0.360. The number of esters is 1. The zero-order valence-electron chi connectivity index (χ0n) is 19.7. The highest BCUT2D eigenvalue weighted by molar-refractivity contribution is 6.22. The number of methoxy groups -OCH3 is 1. The second-order valence-electron chi connectivity index (χ2n) is 9.19. The third-order valence-electron chi connectivity index (χ3n) is 7.01. The van der Waals surface area contributed by atoms with Crippen LogP contribution in [0.25, 0.3) is 5.76 Å². The number of carbonyl (C=O) groups excluding carboxylic acids is 4. The second kappa shape index (κ2) is 8.42. The number of primary amides is 1. The lowest BCUT2D eigenvalue weighted by Crippen LogP contribution is -2.58. The van der Waals surface area contributed by atoms with Crippen molar-refractivity contribution in [2.24, 2.45) is 17.6 Å². The van der Waals surface area contributed by atoms with Gasteiger partial charge in [0.2, 0.25) is 5.78 Å². The number of aromatic hydroxyl groups is 1. The number of amides is 1. The number of phenols is 1. The second-order valence-corrected chi connectivity index (χ2v) is 9.19. The van der Waals surface area contributed by atoms with Crippen LogP contribution < -0.4 is 10.6 Å². The number of hydrogen-bond donors (Lipinski definition) is 5. The summed E-state index contributed by atoms with van der Waals surface area (Å²) in [5.41, 5.74) is 2.35. The van der Waals surface area contributed by atoms with Gasteiger partial charge in [0, 0.05) is 43.6 Å². The number of aliphatic hydroxyl groups is 3. The number of rotatable bonds is 2. The van der Waals surface area contributed by atoms with Crippen molar-refractivity contribution in [1.82, 2.24) is 0 Å². The topological polar surface area (TPSA) is 188 Å². The number of ether oxygens (including phenoxy) is 1. The normalized spacial score (nSPS) is 24.8. The van der Waals surface area contributed by atoms with Crippen molar-refractivity contribution in [1.29, 1.82) is 0 Å². The molecule has 0 unspecified atom stereocenters. The number of fused-ring (bicyclic) bond motifs is 3. The molecule has 1 amide bonds. The molecule has 4 rings (SSSR count).